The topological polar surface area (TPSA) is 9.86 Å². The van der Waals surface area contributed by atoms with Gasteiger partial charge in [-0.1, -0.05) is 115 Å². The van der Waals surface area contributed by atoms with Crippen LogP contribution < -0.4 is 0 Å². The minimum absolute atomic E-state index is 1.16. The van der Waals surface area contributed by atoms with Gasteiger partial charge in [-0.3, -0.25) is 0 Å². The van der Waals surface area contributed by atoms with Gasteiger partial charge in [-0.2, -0.15) is 0 Å². The summed E-state index contributed by atoms with van der Waals surface area (Å²) in [6, 6.07) is 59.5. The van der Waals surface area contributed by atoms with E-state index in [-0.39, 0.29) is 0 Å². The van der Waals surface area contributed by atoms with Crippen LogP contribution in [0.25, 0.3) is 77.2 Å². The van der Waals surface area contributed by atoms with Crippen LogP contribution in [-0.2, 0) is 0 Å². The van der Waals surface area contributed by atoms with E-state index >= 15 is 0 Å². The standard InChI is InChI=1S/C42H27IN2/c43-30-25-35(28-13-3-1-4-14-28)42(36(26-30)29-15-5-2-6-16-29)45-40-22-12-9-19-34(40)37-27-31(23-24-41(37)45)44-38-20-10-7-17-32(38)33-18-8-11-21-39(33)44/h1-27H. The number of hydrogen-bond donors (Lipinski definition) is 0. The van der Waals surface area contributed by atoms with Crippen molar-refractivity contribution in [2.45, 2.75) is 0 Å². The van der Waals surface area contributed by atoms with Crippen LogP contribution in [0.2, 0.25) is 0 Å². The monoisotopic (exact) mass is 686 g/mol. The normalized spacial score (nSPS) is 11.7. The highest BCUT2D eigenvalue weighted by atomic mass is 127. The van der Waals surface area contributed by atoms with Crippen molar-refractivity contribution in [3.05, 3.63) is 167 Å². The Morgan fingerprint density at radius 3 is 1.31 bits per heavy atom. The smallest absolute Gasteiger partial charge is 0.0619 e. The molecule has 212 valence electrons. The molecule has 2 heterocycles. The van der Waals surface area contributed by atoms with Crippen molar-refractivity contribution >= 4 is 66.2 Å². The summed E-state index contributed by atoms with van der Waals surface area (Å²) in [6.45, 7) is 0. The van der Waals surface area contributed by atoms with E-state index < -0.39 is 0 Å². The van der Waals surface area contributed by atoms with Crippen LogP contribution in [0.3, 0.4) is 0 Å². The van der Waals surface area contributed by atoms with E-state index in [2.05, 4.69) is 196 Å². The van der Waals surface area contributed by atoms with E-state index in [4.69, 9.17) is 0 Å². The molecular weight excluding hydrogens is 659 g/mol. The summed E-state index contributed by atoms with van der Waals surface area (Å²) < 4.78 is 6.11. The lowest BCUT2D eigenvalue weighted by atomic mass is 9.95. The molecule has 2 aromatic heterocycles. The molecule has 0 amide bonds. The molecule has 0 bridgehead atoms. The van der Waals surface area contributed by atoms with E-state index in [0.717, 1.165) is 5.69 Å². The largest absolute Gasteiger partial charge is 0.309 e. The zero-order chi connectivity index (χ0) is 29.9. The predicted molar refractivity (Wildman–Crippen MR) is 199 cm³/mol. The first-order valence-electron chi connectivity index (χ1n) is 15.2. The third-order valence-corrected chi connectivity index (χ3v) is 9.59. The number of rotatable bonds is 4. The molecule has 9 rings (SSSR count). The van der Waals surface area contributed by atoms with Crippen molar-refractivity contribution in [1.29, 1.82) is 0 Å². The number of fused-ring (bicyclic) bond motifs is 6. The minimum atomic E-state index is 1.16. The van der Waals surface area contributed by atoms with Gasteiger partial charge in [-0.05, 0) is 82.2 Å². The van der Waals surface area contributed by atoms with E-state index in [1.54, 1.807) is 0 Å². The van der Waals surface area contributed by atoms with Crippen LogP contribution in [0, 0.1) is 3.57 Å². The summed E-state index contributed by atoms with van der Waals surface area (Å²) in [7, 11) is 0. The number of aromatic nitrogens is 2. The molecule has 0 N–H and O–H groups in total. The molecule has 0 aliphatic heterocycles. The first-order valence-corrected chi connectivity index (χ1v) is 16.3. The second kappa shape index (κ2) is 10.5. The van der Waals surface area contributed by atoms with Crippen molar-refractivity contribution < 1.29 is 0 Å². The molecule has 3 heteroatoms. The lowest BCUT2D eigenvalue weighted by molar-refractivity contribution is 1.17. The summed E-state index contributed by atoms with van der Waals surface area (Å²) >= 11 is 2.47. The van der Waals surface area contributed by atoms with E-state index in [1.165, 1.54) is 75.1 Å². The molecule has 7 aromatic carbocycles. The number of nitrogens with zero attached hydrogens (tertiary/aromatic N) is 2. The fourth-order valence-corrected chi connectivity index (χ4v) is 7.68. The fourth-order valence-electron chi connectivity index (χ4n) is 7.06. The molecule has 0 saturated carbocycles. The lowest BCUT2D eigenvalue weighted by Crippen LogP contribution is -2.02. The highest BCUT2D eigenvalue weighted by Gasteiger charge is 2.21. The maximum Gasteiger partial charge on any atom is 0.0619 e. The predicted octanol–water partition coefficient (Wildman–Crippen LogP) is 11.8. The molecule has 0 spiro atoms. The first-order chi connectivity index (χ1) is 22.3. The molecule has 0 fully saturated rings. The zero-order valence-electron chi connectivity index (χ0n) is 24.4. The molecule has 0 atom stereocenters. The van der Waals surface area contributed by atoms with Crippen LogP contribution >= 0.6 is 22.6 Å². The Hall–Kier alpha value is -5.13. The van der Waals surface area contributed by atoms with Crippen molar-refractivity contribution in [2.75, 3.05) is 0 Å². The highest BCUT2D eigenvalue weighted by Crippen LogP contribution is 2.43. The molecule has 9 aromatic rings. The van der Waals surface area contributed by atoms with Crippen molar-refractivity contribution in [3.8, 4) is 33.6 Å². The van der Waals surface area contributed by atoms with E-state index in [0.29, 0.717) is 0 Å². The van der Waals surface area contributed by atoms with Gasteiger partial charge in [0.1, 0.15) is 0 Å². The van der Waals surface area contributed by atoms with Crippen molar-refractivity contribution in [1.82, 2.24) is 9.13 Å². The molecule has 0 radical (unpaired) electrons. The number of para-hydroxylation sites is 3. The Balaban J connectivity index is 1.40. The van der Waals surface area contributed by atoms with Gasteiger partial charge in [0.2, 0.25) is 0 Å². The SMILES string of the molecule is Ic1cc(-c2ccccc2)c(-n2c3ccccc3c3cc(-n4c5ccccc5c5ccccc54)ccc32)c(-c2ccccc2)c1. The molecule has 0 saturated heterocycles. The number of hydrogen-bond acceptors (Lipinski definition) is 0. The molecular formula is C42H27IN2. The number of benzene rings is 7. The van der Waals surface area contributed by atoms with Crippen LogP contribution in [0.1, 0.15) is 0 Å². The Labute approximate surface area is 274 Å². The summed E-state index contributed by atoms with van der Waals surface area (Å²) in [5, 5.41) is 5.03. The maximum atomic E-state index is 2.49. The van der Waals surface area contributed by atoms with Gasteiger partial charge in [0.15, 0.2) is 0 Å². The lowest BCUT2D eigenvalue weighted by Gasteiger charge is -2.20. The Bertz CT molecular complexity index is 2420. The summed E-state index contributed by atoms with van der Waals surface area (Å²) in [5.41, 5.74) is 12.0. The van der Waals surface area contributed by atoms with Gasteiger partial charge in [0, 0.05) is 41.9 Å². The van der Waals surface area contributed by atoms with E-state index in [1.807, 2.05) is 0 Å². The highest BCUT2D eigenvalue weighted by molar-refractivity contribution is 14.1. The average Bonchev–Trinajstić information content (AvgIpc) is 3.61. The minimum Gasteiger partial charge on any atom is -0.309 e. The Morgan fingerprint density at radius 1 is 0.356 bits per heavy atom. The summed E-state index contributed by atoms with van der Waals surface area (Å²) in [4.78, 5) is 0. The van der Waals surface area contributed by atoms with Crippen molar-refractivity contribution in [3.63, 3.8) is 0 Å². The van der Waals surface area contributed by atoms with Gasteiger partial charge in [0.05, 0.1) is 27.8 Å². The molecule has 0 aliphatic rings. The van der Waals surface area contributed by atoms with Gasteiger partial charge in [-0.15, -0.1) is 0 Å². The second-order valence-corrected chi connectivity index (χ2v) is 12.8. The van der Waals surface area contributed by atoms with Crippen LogP contribution in [0.15, 0.2) is 164 Å². The molecule has 2 nitrogen and oxygen atoms in total. The fraction of sp³-hybridized carbons (Fsp3) is 0. The van der Waals surface area contributed by atoms with Crippen LogP contribution in [0.4, 0.5) is 0 Å². The quantitative estimate of drug-likeness (QED) is 0.163. The third-order valence-electron chi connectivity index (χ3n) is 8.96. The summed E-state index contributed by atoms with van der Waals surface area (Å²) in [6.07, 6.45) is 0. The number of halogens is 1. The Morgan fingerprint density at radius 2 is 0.778 bits per heavy atom. The zero-order valence-corrected chi connectivity index (χ0v) is 26.5. The molecule has 0 unspecified atom stereocenters. The van der Waals surface area contributed by atoms with Gasteiger partial charge < -0.3 is 9.13 Å². The van der Waals surface area contributed by atoms with Crippen LogP contribution in [0.5, 0.6) is 0 Å². The average molecular weight is 687 g/mol. The summed E-state index contributed by atoms with van der Waals surface area (Å²) in [5.74, 6) is 0. The van der Waals surface area contributed by atoms with Gasteiger partial charge in [0.25, 0.3) is 0 Å². The molecule has 45 heavy (non-hydrogen) atoms. The Kier molecular flexibility index (Phi) is 6.13. The van der Waals surface area contributed by atoms with Gasteiger partial charge >= 0.3 is 0 Å². The second-order valence-electron chi connectivity index (χ2n) is 11.5. The van der Waals surface area contributed by atoms with Crippen molar-refractivity contribution in [2.24, 2.45) is 0 Å². The van der Waals surface area contributed by atoms with Gasteiger partial charge in [-0.25, -0.2) is 0 Å². The first kappa shape index (κ1) is 26.3. The maximum absolute atomic E-state index is 2.49. The molecule has 0 aliphatic carbocycles. The van der Waals surface area contributed by atoms with Crippen LogP contribution in [-0.4, -0.2) is 9.13 Å². The van der Waals surface area contributed by atoms with E-state index in [9.17, 15) is 0 Å². The third kappa shape index (κ3) is 4.15.